The first-order chi connectivity index (χ1) is 9.77. The van der Waals surface area contributed by atoms with Crippen molar-refractivity contribution in [2.24, 2.45) is 0 Å². The zero-order valence-corrected chi connectivity index (χ0v) is 12.9. The molecule has 1 N–H and O–H groups in total. The standard InChI is InChI=1S/C18H21F2N/c1-12(21-15-9-10-16(19)17(20)11-15)13-5-7-14(8-6-13)18(2,3)4/h5-12,21H,1-4H3. The lowest BCUT2D eigenvalue weighted by Gasteiger charge is -2.21. The predicted octanol–water partition coefficient (Wildman–Crippen LogP) is 5.44. The zero-order chi connectivity index (χ0) is 15.6. The molecule has 2 aromatic carbocycles. The van der Waals surface area contributed by atoms with Crippen LogP contribution in [0.15, 0.2) is 42.5 Å². The smallest absolute Gasteiger partial charge is 0.160 e. The number of nitrogens with one attached hydrogen (secondary N) is 1. The fourth-order valence-corrected chi connectivity index (χ4v) is 2.19. The third-order valence-electron chi connectivity index (χ3n) is 3.58. The molecule has 1 atom stereocenters. The van der Waals surface area contributed by atoms with Gasteiger partial charge in [0.1, 0.15) is 0 Å². The van der Waals surface area contributed by atoms with Gasteiger partial charge in [-0.1, -0.05) is 45.0 Å². The van der Waals surface area contributed by atoms with Gasteiger partial charge in [-0.15, -0.1) is 0 Å². The molecule has 0 spiro atoms. The molecule has 0 heterocycles. The molecule has 0 aliphatic rings. The average molecular weight is 289 g/mol. The highest BCUT2D eigenvalue weighted by atomic mass is 19.2. The molecule has 112 valence electrons. The Balaban J connectivity index is 2.13. The van der Waals surface area contributed by atoms with Crippen LogP contribution < -0.4 is 5.32 Å². The molecule has 3 heteroatoms. The first kappa shape index (κ1) is 15.5. The van der Waals surface area contributed by atoms with Crippen LogP contribution in [-0.4, -0.2) is 0 Å². The summed E-state index contributed by atoms with van der Waals surface area (Å²) in [5, 5.41) is 3.18. The van der Waals surface area contributed by atoms with Crippen molar-refractivity contribution in [2.45, 2.75) is 39.2 Å². The first-order valence-electron chi connectivity index (χ1n) is 7.09. The van der Waals surface area contributed by atoms with Crippen molar-refractivity contribution < 1.29 is 8.78 Å². The fraction of sp³-hybridized carbons (Fsp3) is 0.333. The van der Waals surface area contributed by atoms with Crippen LogP contribution >= 0.6 is 0 Å². The second-order valence-electron chi connectivity index (χ2n) is 6.37. The highest BCUT2D eigenvalue weighted by Gasteiger charge is 2.14. The summed E-state index contributed by atoms with van der Waals surface area (Å²) in [6.07, 6.45) is 0. The minimum atomic E-state index is -0.838. The van der Waals surface area contributed by atoms with Crippen LogP contribution in [-0.2, 0) is 5.41 Å². The molecular formula is C18H21F2N. The van der Waals surface area contributed by atoms with Crippen LogP contribution in [0.4, 0.5) is 14.5 Å². The molecule has 0 radical (unpaired) electrons. The second kappa shape index (κ2) is 5.84. The Labute approximate surface area is 125 Å². The number of benzene rings is 2. The summed E-state index contributed by atoms with van der Waals surface area (Å²) in [5.41, 5.74) is 3.07. The maximum Gasteiger partial charge on any atom is 0.160 e. The summed E-state index contributed by atoms with van der Waals surface area (Å²) in [6, 6.07) is 12.2. The van der Waals surface area contributed by atoms with Crippen molar-refractivity contribution in [1.29, 1.82) is 0 Å². The lowest BCUT2D eigenvalue weighted by Crippen LogP contribution is -2.12. The summed E-state index contributed by atoms with van der Waals surface area (Å²) in [5.74, 6) is -1.67. The Morgan fingerprint density at radius 1 is 0.905 bits per heavy atom. The molecule has 1 nitrogen and oxygen atoms in total. The molecule has 0 amide bonds. The van der Waals surface area contributed by atoms with Gasteiger partial charge in [-0.25, -0.2) is 8.78 Å². The molecule has 21 heavy (non-hydrogen) atoms. The van der Waals surface area contributed by atoms with Gasteiger partial charge in [0.25, 0.3) is 0 Å². The van der Waals surface area contributed by atoms with Crippen LogP contribution in [0.3, 0.4) is 0 Å². The number of anilines is 1. The van der Waals surface area contributed by atoms with Gasteiger partial charge in [0.15, 0.2) is 11.6 Å². The van der Waals surface area contributed by atoms with Crippen LogP contribution in [0, 0.1) is 11.6 Å². The molecule has 0 fully saturated rings. The molecule has 0 aliphatic heterocycles. The minimum Gasteiger partial charge on any atom is -0.378 e. The minimum absolute atomic E-state index is 0.0175. The van der Waals surface area contributed by atoms with Gasteiger partial charge in [0.05, 0.1) is 0 Å². The normalized spacial score (nSPS) is 13.0. The van der Waals surface area contributed by atoms with Gasteiger partial charge in [0, 0.05) is 17.8 Å². The number of hydrogen-bond donors (Lipinski definition) is 1. The fourth-order valence-electron chi connectivity index (χ4n) is 2.19. The largest absolute Gasteiger partial charge is 0.378 e. The van der Waals surface area contributed by atoms with Gasteiger partial charge < -0.3 is 5.32 Å². The first-order valence-corrected chi connectivity index (χ1v) is 7.09. The molecule has 2 rings (SSSR count). The van der Waals surface area contributed by atoms with E-state index >= 15 is 0 Å². The van der Waals surface area contributed by atoms with Crippen molar-refractivity contribution >= 4 is 5.69 Å². The number of halogens is 2. The highest BCUT2D eigenvalue weighted by molar-refractivity contribution is 5.46. The Morgan fingerprint density at radius 3 is 2.05 bits per heavy atom. The molecule has 0 saturated carbocycles. The molecule has 2 aromatic rings. The average Bonchev–Trinajstić information content (AvgIpc) is 2.42. The quantitative estimate of drug-likeness (QED) is 0.793. The van der Waals surface area contributed by atoms with Crippen molar-refractivity contribution in [2.75, 3.05) is 5.32 Å². The van der Waals surface area contributed by atoms with Gasteiger partial charge in [-0.2, -0.15) is 0 Å². The van der Waals surface area contributed by atoms with E-state index in [0.717, 1.165) is 11.6 Å². The number of hydrogen-bond acceptors (Lipinski definition) is 1. The van der Waals surface area contributed by atoms with E-state index in [-0.39, 0.29) is 11.5 Å². The molecule has 0 bridgehead atoms. The summed E-state index contributed by atoms with van der Waals surface area (Å²) >= 11 is 0. The Bertz CT molecular complexity index is 612. The van der Waals surface area contributed by atoms with Crippen molar-refractivity contribution in [3.63, 3.8) is 0 Å². The van der Waals surface area contributed by atoms with E-state index in [1.165, 1.54) is 11.6 Å². The maximum absolute atomic E-state index is 13.2. The predicted molar refractivity (Wildman–Crippen MR) is 83.5 cm³/mol. The van der Waals surface area contributed by atoms with E-state index in [2.05, 4.69) is 50.4 Å². The molecule has 1 unspecified atom stereocenters. The van der Waals surface area contributed by atoms with E-state index < -0.39 is 11.6 Å². The van der Waals surface area contributed by atoms with E-state index in [9.17, 15) is 8.78 Å². The van der Waals surface area contributed by atoms with Crippen molar-refractivity contribution in [1.82, 2.24) is 0 Å². The van der Waals surface area contributed by atoms with E-state index in [0.29, 0.717) is 5.69 Å². The van der Waals surface area contributed by atoms with Crippen molar-refractivity contribution in [3.8, 4) is 0 Å². The van der Waals surface area contributed by atoms with E-state index in [1.54, 1.807) is 6.07 Å². The van der Waals surface area contributed by atoms with Crippen LogP contribution in [0.2, 0.25) is 0 Å². The molecule has 0 saturated heterocycles. The second-order valence-corrected chi connectivity index (χ2v) is 6.37. The summed E-state index contributed by atoms with van der Waals surface area (Å²) < 4.78 is 26.1. The van der Waals surface area contributed by atoms with Gasteiger partial charge in [0.2, 0.25) is 0 Å². The topological polar surface area (TPSA) is 12.0 Å². The van der Waals surface area contributed by atoms with Crippen molar-refractivity contribution in [3.05, 3.63) is 65.2 Å². The lowest BCUT2D eigenvalue weighted by atomic mass is 9.86. The van der Waals surface area contributed by atoms with E-state index in [4.69, 9.17) is 0 Å². The van der Waals surface area contributed by atoms with Crippen LogP contribution in [0.5, 0.6) is 0 Å². The Hall–Kier alpha value is -1.90. The lowest BCUT2D eigenvalue weighted by molar-refractivity contribution is 0.509. The molecule has 0 aliphatic carbocycles. The zero-order valence-electron chi connectivity index (χ0n) is 12.9. The molecule has 0 aromatic heterocycles. The molecular weight excluding hydrogens is 268 g/mol. The number of rotatable bonds is 3. The van der Waals surface area contributed by atoms with Gasteiger partial charge >= 0.3 is 0 Å². The monoisotopic (exact) mass is 289 g/mol. The SMILES string of the molecule is CC(Nc1ccc(F)c(F)c1)c1ccc(C(C)(C)C)cc1. The van der Waals surface area contributed by atoms with Crippen LogP contribution in [0.25, 0.3) is 0 Å². The summed E-state index contributed by atoms with van der Waals surface area (Å²) in [7, 11) is 0. The van der Waals surface area contributed by atoms with Gasteiger partial charge in [-0.05, 0) is 35.6 Å². The summed E-state index contributed by atoms with van der Waals surface area (Å²) in [4.78, 5) is 0. The Kier molecular flexibility index (Phi) is 4.31. The van der Waals surface area contributed by atoms with Gasteiger partial charge in [-0.3, -0.25) is 0 Å². The highest BCUT2D eigenvalue weighted by Crippen LogP contribution is 2.25. The van der Waals surface area contributed by atoms with Crippen LogP contribution in [0.1, 0.15) is 44.9 Å². The third kappa shape index (κ3) is 3.81. The summed E-state index contributed by atoms with van der Waals surface area (Å²) in [6.45, 7) is 8.51. The maximum atomic E-state index is 13.2. The Morgan fingerprint density at radius 2 is 1.52 bits per heavy atom. The third-order valence-corrected chi connectivity index (χ3v) is 3.58. The van der Waals surface area contributed by atoms with E-state index in [1.807, 2.05) is 6.92 Å².